The van der Waals surface area contributed by atoms with E-state index in [9.17, 15) is 0 Å². The maximum atomic E-state index is 6.95. The summed E-state index contributed by atoms with van der Waals surface area (Å²) in [6, 6.07) is 25.7. The monoisotopic (exact) mass is 938 g/mol. The van der Waals surface area contributed by atoms with Crippen molar-refractivity contribution in [1.82, 2.24) is 9.55 Å². The molecular formula is C51H57N3O2Pt. The van der Waals surface area contributed by atoms with Gasteiger partial charge in [-0.25, -0.2) is 4.98 Å². The predicted octanol–water partition coefficient (Wildman–Crippen LogP) is 12.8. The molecule has 8 rings (SSSR count). The molecule has 0 N–H and O–H groups in total. The van der Waals surface area contributed by atoms with Crippen molar-refractivity contribution in [3.05, 3.63) is 117 Å². The van der Waals surface area contributed by atoms with Crippen LogP contribution < -0.4 is 4.74 Å². The fraction of sp³-hybridized carbons (Fsp3) is 0.412. The minimum Gasteiger partial charge on any atom is -0.518 e. The molecule has 2 aromatic heterocycles. The van der Waals surface area contributed by atoms with Gasteiger partial charge in [0, 0.05) is 34.2 Å². The Kier molecular flexibility index (Phi) is 10.5. The second kappa shape index (κ2) is 14.6. The van der Waals surface area contributed by atoms with E-state index >= 15 is 0 Å². The first kappa shape index (κ1) is 41.0. The van der Waals surface area contributed by atoms with Gasteiger partial charge in [0.15, 0.2) is 0 Å². The zero-order chi connectivity index (χ0) is 40.2. The Labute approximate surface area is 354 Å². The van der Waals surface area contributed by atoms with Crippen molar-refractivity contribution in [3.63, 3.8) is 0 Å². The summed E-state index contributed by atoms with van der Waals surface area (Å²) in [4.78, 5) is 10.3. The fourth-order valence-electron chi connectivity index (χ4n) is 9.77. The number of ether oxygens (including phenoxy) is 2. The van der Waals surface area contributed by atoms with Crippen LogP contribution in [0, 0.1) is 64.5 Å². The summed E-state index contributed by atoms with van der Waals surface area (Å²) in [7, 11) is 0. The van der Waals surface area contributed by atoms with Crippen LogP contribution >= 0.6 is 0 Å². The molecule has 0 aliphatic carbocycles. The molecule has 6 aromatic rings. The van der Waals surface area contributed by atoms with E-state index in [1.807, 2.05) is 6.20 Å². The molecule has 0 saturated carbocycles. The van der Waals surface area contributed by atoms with E-state index < -0.39 is 0 Å². The van der Waals surface area contributed by atoms with Crippen LogP contribution in [-0.2, 0) is 36.6 Å². The first-order chi connectivity index (χ1) is 26.3. The molecule has 4 aromatic carbocycles. The topological polar surface area (TPSA) is 48.6 Å². The maximum absolute atomic E-state index is 6.95. The minimum absolute atomic E-state index is 0. The van der Waals surface area contributed by atoms with Crippen molar-refractivity contribution in [1.29, 1.82) is 0 Å². The summed E-state index contributed by atoms with van der Waals surface area (Å²) in [5.74, 6) is 4.27. The number of benzene rings is 4. The molecule has 1 atom stereocenters. The van der Waals surface area contributed by atoms with Crippen molar-refractivity contribution < 1.29 is 30.5 Å². The third-order valence-electron chi connectivity index (χ3n) is 12.4. The van der Waals surface area contributed by atoms with Gasteiger partial charge in [0.1, 0.15) is 11.7 Å². The van der Waals surface area contributed by atoms with E-state index in [1.165, 1.54) is 49.8 Å². The van der Waals surface area contributed by atoms with Crippen LogP contribution in [0.3, 0.4) is 0 Å². The normalized spacial score (nSPS) is 16.0. The first-order valence-electron chi connectivity index (χ1n) is 20.4. The molecule has 2 aliphatic rings. The molecule has 0 spiro atoms. The Morgan fingerprint density at radius 2 is 1.49 bits per heavy atom. The summed E-state index contributed by atoms with van der Waals surface area (Å²) < 4.78 is 15.7. The maximum Gasteiger partial charge on any atom is 2.00 e. The molecule has 0 saturated heterocycles. The van der Waals surface area contributed by atoms with Gasteiger partial charge >= 0.3 is 21.1 Å². The van der Waals surface area contributed by atoms with Crippen LogP contribution in [-0.4, -0.2) is 28.1 Å². The van der Waals surface area contributed by atoms with Gasteiger partial charge in [0.05, 0.1) is 12.6 Å². The number of aromatic nitrogens is 2. The van der Waals surface area contributed by atoms with Crippen molar-refractivity contribution in [2.24, 2.45) is 22.7 Å². The second-order valence-electron chi connectivity index (χ2n) is 19.0. The Bertz CT molecular complexity index is 2570. The van der Waals surface area contributed by atoms with E-state index in [-0.39, 0.29) is 37.9 Å². The summed E-state index contributed by atoms with van der Waals surface area (Å²) in [6.45, 7) is 32.1. The van der Waals surface area contributed by atoms with Gasteiger partial charge in [-0.05, 0) is 95.7 Å². The average molecular weight is 939 g/mol. The Balaban J connectivity index is 0.00000496. The third kappa shape index (κ3) is 6.96. The van der Waals surface area contributed by atoms with Crippen LogP contribution in [0.25, 0.3) is 38.8 Å². The molecule has 5 nitrogen and oxygen atoms in total. The second-order valence-corrected chi connectivity index (χ2v) is 19.0. The van der Waals surface area contributed by atoms with Gasteiger partial charge in [-0.2, -0.15) is 6.07 Å². The van der Waals surface area contributed by atoms with E-state index in [0.29, 0.717) is 41.8 Å². The minimum atomic E-state index is -0.237. The summed E-state index contributed by atoms with van der Waals surface area (Å²) in [6.07, 6.45) is 1.98. The average Bonchev–Trinajstić information content (AvgIpc) is 3.69. The molecule has 0 amide bonds. The Morgan fingerprint density at radius 1 is 0.807 bits per heavy atom. The molecule has 6 heteroatoms. The molecular weight excluding hydrogens is 882 g/mol. The molecule has 0 unspecified atom stereocenters. The molecule has 2 aliphatic heterocycles. The van der Waals surface area contributed by atoms with Crippen LogP contribution in [0.4, 0.5) is 0 Å². The van der Waals surface area contributed by atoms with Crippen molar-refractivity contribution in [2.45, 2.75) is 114 Å². The number of fused-ring (bicyclic) bond motifs is 5. The van der Waals surface area contributed by atoms with Gasteiger partial charge < -0.3 is 14.0 Å². The standard InChI is InChI=1S/C51H57N3O2.Pt/c1-27(2)45(28(3)4)42-26-55-49(53-42)35-19-34(46-32(8)15-29(5)16-33(46)9)20-37(21-35)56-44-24-43-38(18-31(44)7)39-22-36(50(10,11)12)23-40-47(39)54(43)48-41(51(40,13)14)17-30(6)25-52-48;/h15-20,22-23,25,27-28,42,45H,26H2,1-14H3;/q-2;+2/t42-;/m0./s1. The smallest absolute Gasteiger partial charge is 0.518 e. The molecule has 0 fully saturated rings. The summed E-state index contributed by atoms with van der Waals surface area (Å²) >= 11 is 0. The number of hydrogen-bond acceptors (Lipinski definition) is 4. The molecule has 57 heavy (non-hydrogen) atoms. The molecule has 0 radical (unpaired) electrons. The Morgan fingerprint density at radius 3 is 2.14 bits per heavy atom. The number of hydrogen-bond donors (Lipinski definition) is 0. The van der Waals surface area contributed by atoms with Crippen molar-refractivity contribution in [2.75, 3.05) is 6.61 Å². The predicted molar refractivity (Wildman–Crippen MR) is 232 cm³/mol. The van der Waals surface area contributed by atoms with E-state index in [2.05, 4.69) is 162 Å². The first-order valence-corrected chi connectivity index (χ1v) is 20.4. The van der Waals surface area contributed by atoms with Crippen molar-refractivity contribution in [3.8, 4) is 28.4 Å². The van der Waals surface area contributed by atoms with Gasteiger partial charge in [-0.1, -0.05) is 128 Å². The zero-order valence-corrected chi connectivity index (χ0v) is 38.5. The number of pyridine rings is 1. The zero-order valence-electron chi connectivity index (χ0n) is 36.2. The van der Waals surface area contributed by atoms with E-state index in [4.69, 9.17) is 19.5 Å². The van der Waals surface area contributed by atoms with E-state index in [1.54, 1.807) is 0 Å². The van der Waals surface area contributed by atoms with E-state index in [0.717, 1.165) is 39.0 Å². The molecule has 298 valence electrons. The number of nitrogens with zero attached hydrogens (tertiary/aromatic N) is 3. The SMILES string of the molecule is Cc1cc(C)c(-c2cc(Oc3[c-]c4c(cc3C)c3cc(C(C)(C)C)cc5c3n4-c3ncc(C)cc3C5(C)C)[c-]c(C3=N[C@H](C(C(C)C)C(C)C)CO3)c2)c(C)c1.[Pt+2]. The summed E-state index contributed by atoms with van der Waals surface area (Å²) in [5.41, 5.74) is 14.6. The van der Waals surface area contributed by atoms with Crippen LogP contribution in [0.5, 0.6) is 11.5 Å². The van der Waals surface area contributed by atoms with Crippen LogP contribution in [0.15, 0.2) is 59.7 Å². The number of rotatable bonds is 7. The Hall–Kier alpha value is -4.21. The number of aryl methyl sites for hydroxylation is 5. The summed E-state index contributed by atoms with van der Waals surface area (Å²) in [5, 5.41) is 2.37. The third-order valence-corrected chi connectivity index (χ3v) is 12.4. The van der Waals surface area contributed by atoms with Gasteiger partial charge in [-0.3, -0.25) is 4.99 Å². The van der Waals surface area contributed by atoms with Gasteiger partial charge in [-0.15, -0.1) is 23.1 Å². The van der Waals surface area contributed by atoms with Crippen molar-refractivity contribution >= 4 is 27.7 Å². The molecule has 4 heterocycles. The van der Waals surface area contributed by atoms with Crippen LogP contribution in [0.1, 0.15) is 112 Å². The molecule has 0 bridgehead atoms. The van der Waals surface area contributed by atoms with Gasteiger partial charge in [0.2, 0.25) is 0 Å². The van der Waals surface area contributed by atoms with Crippen LogP contribution in [0.2, 0.25) is 0 Å². The fourth-order valence-corrected chi connectivity index (χ4v) is 9.77. The number of aliphatic imine (C=N–C) groups is 1. The quantitative estimate of drug-likeness (QED) is 0.150. The largest absolute Gasteiger partial charge is 2.00 e. The van der Waals surface area contributed by atoms with Gasteiger partial charge in [0.25, 0.3) is 0 Å².